The van der Waals surface area contributed by atoms with E-state index in [1.807, 2.05) is 41.5 Å². The summed E-state index contributed by atoms with van der Waals surface area (Å²) in [4.78, 5) is 36.4. The second-order valence-electron chi connectivity index (χ2n) is 7.73. The summed E-state index contributed by atoms with van der Waals surface area (Å²) in [5.41, 5.74) is 0. The zero-order valence-electron chi connectivity index (χ0n) is 16.6. The van der Waals surface area contributed by atoms with Gasteiger partial charge in [0, 0.05) is 0 Å². The summed E-state index contributed by atoms with van der Waals surface area (Å²) in [7, 11) is 1.70. The topological polar surface area (TPSA) is 108 Å². The second kappa shape index (κ2) is 11.1. The monoisotopic (exact) mass is 357 g/mol. The van der Waals surface area contributed by atoms with Gasteiger partial charge in [-0.3, -0.25) is 9.59 Å². The molecule has 146 valence electrons. The molecule has 7 heteroatoms. The molecule has 0 saturated carbocycles. The fourth-order valence-corrected chi connectivity index (χ4v) is 2.70. The van der Waals surface area contributed by atoms with Crippen molar-refractivity contribution in [3.63, 3.8) is 0 Å². The number of carbonyl (C=O) groups excluding carboxylic acids is 2. The fraction of sp³-hybridized carbons (Fsp3) is 0.833. The van der Waals surface area contributed by atoms with Gasteiger partial charge in [-0.25, -0.2) is 4.79 Å². The Hall–Kier alpha value is -1.63. The summed E-state index contributed by atoms with van der Waals surface area (Å²) < 4.78 is 0. The summed E-state index contributed by atoms with van der Waals surface area (Å²) >= 11 is 0. The highest BCUT2D eigenvalue weighted by atomic mass is 16.4. The molecule has 0 aliphatic heterocycles. The molecule has 3 unspecified atom stereocenters. The highest BCUT2D eigenvalue weighted by Crippen LogP contribution is 2.10. The number of carboxylic acid groups (broad SMARTS) is 1. The Morgan fingerprint density at radius 3 is 1.60 bits per heavy atom. The number of rotatable bonds is 11. The molecule has 0 aliphatic carbocycles. The molecule has 0 rings (SSSR count). The molecule has 0 radical (unpaired) electrons. The Kier molecular flexibility index (Phi) is 10.4. The van der Waals surface area contributed by atoms with Crippen molar-refractivity contribution in [2.24, 2.45) is 17.8 Å². The molecule has 0 aromatic heterocycles. The van der Waals surface area contributed by atoms with E-state index in [2.05, 4.69) is 16.0 Å². The molecule has 0 saturated heterocycles. The third kappa shape index (κ3) is 8.86. The summed E-state index contributed by atoms with van der Waals surface area (Å²) in [5, 5.41) is 17.6. The highest BCUT2D eigenvalue weighted by molar-refractivity contribution is 5.91. The number of carbonyl (C=O) groups is 3. The van der Waals surface area contributed by atoms with Crippen LogP contribution in [0.25, 0.3) is 0 Å². The highest BCUT2D eigenvalue weighted by Gasteiger charge is 2.30. The van der Waals surface area contributed by atoms with Crippen LogP contribution in [-0.2, 0) is 14.4 Å². The molecule has 7 nitrogen and oxygen atoms in total. The number of likely N-dealkylation sites (N-methyl/N-ethyl adjacent to an activating group) is 1. The Balaban J connectivity index is 5.14. The number of hydrogen-bond acceptors (Lipinski definition) is 4. The van der Waals surface area contributed by atoms with Gasteiger partial charge in [0.15, 0.2) is 0 Å². The van der Waals surface area contributed by atoms with Crippen LogP contribution in [0.2, 0.25) is 0 Å². The van der Waals surface area contributed by atoms with E-state index in [0.29, 0.717) is 12.8 Å². The lowest BCUT2D eigenvalue weighted by molar-refractivity contribution is -0.142. The van der Waals surface area contributed by atoms with Gasteiger partial charge >= 0.3 is 5.97 Å². The van der Waals surface area contributed by atoms with Crippen molar-refractivity contribution in [1.29, 1.82) is 0 Å². The minimum atomic E-state index is -1.06. The summed E-state index contributed by atoms with van der Waals surface area (Å²) in [6.07, 6.45) is 0.786. The van der Waals surface area contributed by atoms with Crippen molar-refractivity contribution in [3.05, 3.63) is 0 Å². The van der Waals surface area contributed by atoms with E-state index < -0.39 is 30.0 Å². The largest absolute Gasteiger partial charge is 0.480 e. The van der Waals surface area contributed by atoms with Crippen LogP contribution in [0, 0.1) is 17.8 Å². The lowest BCUT2D eigenvalue weighted by Gasteiger charge is -2.26. The zero-order chi connectivity index (χ0) is 19.7. The molecule has 0 aromatic carbocycles. The summed E-state index contributed by atoms with van der Waals surface area (Å²) in [6.45, 7) is 11.5. The Labute approximate surface area is 151 Å². The summed E-state index contributed by atoms with van der Waals surface area (Å²) in [6, 6.07) is -2.12. The zero-order valence-corrected chi connectivity index (χ0v) is 16.6. The molecular weight excluding hydrogens is 322 g/mol. The molecule has 0 heterocycles. The molecule has 0 spiro atoms. The third-order valence-corrected chi connectivity index (χ3v) is 3.92. The quantitative estimate of drug-likeness (QED) is 0.447. The van der Waals surface area contributed by atoms with Crippen molar-refractivity contribution in [2.45, 2.75) is 72.5 Å². The van der Waals surface area contributed by atoms with Gasteiger partial charge in [-0.05, 0) is 37.6 Å². The predicted octanol–water partition coefficient (Wildman–Crippen LogP) is 1.38. The first-order valence-electron chi connectivity index (χ1n) is 9.00. The van der Waals surface area contributed by atoms with Gasteiger partial charge in [0.05, 0.1) is 6.04 Å². The first-order valence-corrected chi connectivity index (χ1v) is 9.00. The first kappa shape index (κ1) is 23.4. The Morgan fingerprint density at radius 1 is 0.800 bits per heavy atom. The minimum Gasteiger partial charge on any atom is -0.480 e. The average molecular weight is 357 g/mol. The van der Waals surface area contributed by atoms with Crippen LogP contribution < -0.4 is 16.0 Å². The van der Waals surface area contributed by atoms with E-state index in [-0.39, 0.29) is 23.7 Å². The Morgan fingerprint density at radius 2 is 1.24 bits per heavy atom. The maximum absolute atomic E-state index is 12.6. The van der Waals surface area contributed by atoms with Gasteiger partial charge in [0.2, 0.25) is 11.8 Å². The number of amides is 2. The smallest absolute Gasteiger partial charge is 0.326 e. The van der Waals surface area contributed by atoms with Crippen LogP contribution in [0.5, 0.6) is 0 Å². The van der Waals surface area contributed by atoms with Crippen molar-refractivity contribution < 1.29 is 19.5 Å². The standard InChI is InChI=1S/C18H35N3O4/c1-10(2)8-13(20-17(23)15(19-7)12(5)6)16(22)21-14(18(24)25)9-11(3)4/h10-15,19H,8-9H2,1-7H3,(H,20,23)(H,21,22)(H,24,25). The SMILES string of the molecule is CNC(C(=O)NC(CC(C)C)C(=O)NC(CC(C)C)C(=O)O)C(C)C. The lowest BCUT2D eigenvalue weighted by atomic mass is 9.99. The van der Waals surface area contributed by atoms with Crippen LogP contribution in [0.3, 0.4) is 0 Å². The van der Waals surface area contributed by atoms with Gasteiger partial charge in [-0.1, -0.05) is 41.5 Å². The molecule has 2 amide bonds. The Bertz CT molecular complexity index is 450. The molecule has 0 aliphatic rings. The second-order valence-corrected chi connectivity index (χ2v) is 7.73. The molecular formula is C18H35N3O4. The van der Waals surface area contributed by atoms with Gasteiger partial charge in [-0.15, -0.1) is 0 Å². The minimum absolute atomic E-state index is 0.0699. The maximum Gasteiger partial charge on any atom is 0.326 e. The van der Waals surface area contributed by atoms with Crippen LogP contribution in [0.1, 0.15) is 54.4 Å². The normalized spacial score (nSPS) is 15.1. The number of nitrogens with one attached hydrogen (secondary N) is 3. The fourth-order valence-electron chi connectivity index (χ4n) is 2.70. The van der Waals surface area contributed by atoms with Crippen LogP contribution in [-0.4, -0.2) is 48.1 Å². The van der Waals surface area contributed by atoms with Crippen LogP contribution in [0.4, 0.5) is 0 Å². The van der Waals surface area contributed by atoms with Crippen LogP contribution >= 0.6 is 0 Å². The molecule has 25 heavy (non-hydrogen) atoms. The van der Waals surface area contributed by atoms with E-state index in [1.54, 1.807) is 7.05 Å². The predicted molar refractivity (Wildman–Crippen MR) is 98.1 cm³/mol. The average Bonchev–Trinajstić information content (AvgIpc) is 2.44. The molecule has 0 fully saturated rings. The molecule has 0 aromatic rings. The maximum atomic E-state index is 12.6. The summed E-state index contributed by atoms with van der Waals surface area (Å²) in [5.74, 6) is -1.39. The molecule has 4 N–H and O–H groups in total. The first-order chi connectivity index (χ1) is 11.5. The molecule has 3 atom stereocenters. The van der Waals surface area contributed by atoms with E-state index in [1.165, 1.54) is 0 Å². The van der Waals surface area contributed by atoms with E-state index in [4.69, 9.17) is 0 Å². The van der Waals surface area contributed by atoms with E-state index in [9.17, 15) is 19.5 Å². The van der Waals surface area contributed by atoms with Gasteiger partial charge in [0.25, 0.3) is 0 Å². The van der Waals surface area contributed by atoms with Crippen molar-refractivity contribution in [2.75, 3.05) is 7.05 Å². The van der Waals surface area contributed by atoms with Gasteiger partial charge < -0.3 is 21.1 Å². The van der Waals surface area contributed by atoms with Crippen molar-refractivity contribution in [1.82, 2.24) is 16.0 Å². The lowest BCUT2D eigenvalue weighted by Crippen LogP contribution is -2.56. The van der Waals surface area contributed by atoms with Gasteiger partial charge in [0.1, 0.15) is 12.1 Å². The van der Waals surface area contributed by atoms with E-state index in [0.717, 1.165) is 0 Å². The number of hydrogen-bond donors (Lipinski definition) is 4. The van der Waals surface area contributed by atoms with Crippen LogP contribution in [0.15, 0.2) is 0 Å². The van der Waals surface area contributed by atoms with Crippen molar-refractivity contribution >= 4 is 17.8 Å². The molecule has 0 bridgehead atoms. The third-order valence-electron chi connectivity index (χ3n) is 3.92. The van der Waals surface area contributed by atoms with E-state index >= 15 is 0 Å². The van der Waals surface area contributed by atoms with Gasteiger partial charge in [-0.2, -0.15) is 0 Å². The number of carboxylic acids is 1. The van der Waals surface area contributed by atoms with Crippen molar-refractivity contribution in [3.8, 4) is 0 Å². The number of aliphatic carboxylic acids is 1.